The molecule has 10 heteroatoms. The SMILES string of the molecule is CCOC(=O)[C@@H]1C2CCC(CC2)[C@H]1Nc1nc(-c2c[nH]c3ncc(Cl)nc23)nc2c1ccn2CC(C)C. The average Bonchev–Trinajstić information content (AvgIpc) is 3.48. The van der Waals surface area contributed by atoms with E-state index in [1.165, 1.54) is 6.20 Å². The summed E-state index contributed by atoms with van der Waals surface area (Å²) < 4.78 is 7.70. The number of carbonyl (C=O) groups excluding carboxylic acids is 1. The Bertz CT molecular complexity index is 1450. The van der Waals surface area contributed by atoms with Gasteiger partial charge in [-0.15, -0.1) is 0 Å². The van der Waals surface area contributed by atoms with Crippen LogP contribution in [-0.2, 0) is 16.1 Å². The minimum Gasteiger partial charge on any atom is -0.466 e. The molecule has 0 aromatic carbocycles. The normalized spacial score (nSPS) is 23.3. The van der Waals surface area contributed by atoms with Crippen molar-refractivity contribution < 1.29 is 9.53 Å². The van der Waals surface area contributed by atoms with Crippen LogP contribution < -0.4 is 5.32 Å². The molecule has 2 bridgehead atoms. The predicted octanol–water partition coefficient (Wildman–Crippen LogP) is 5.46. The number of esters is 1. The van der Waals surface area contributed by atoms with Crippen molar-refractivity contribution in [2.75, 3.05) is 11.9 Å². The van der Waals surface area contributed by atoms with Crippen LogP contribution in [0.3, 0.4) is 0 Å². The molecule has 0 saturated heterocycles. The molecule has 2 N–H and O–H groups in total. The van der Waals surface area contributed by atoms with Gasteiger partial charge < -0.3 is 19.6 Å². The van der Waals surface area contributed by atoms with Crippen LogP contribution in [0, 0.1) is 23.7 Å². The first-order chi connectivity index (χ1) is 17.9. The molecule has 9 nitrogen and oxygen atoms in total. The number of ether oxygens (including phenoxy) is 1. The van der Waals surface area contributed by atoms with E-state index in [0.717, 1.165) is 54.6 Å². The Morgan fingerprint density at radius 2 is 2.00 bits per heavy atom. The number of rotatable bonds is 7. The van der Waals surface area contributed by atoms with Crippen LogP contribution in [0.15, 0.2) is 24.7 Å². The first-order valence-corrected chi connectivity index (χ1v) is 13.6. The summed E-state index contributed by atoms with van der Waals surface area (Å²) in [6.07, 6.45) is 9.80. The average molecular weight is 522 g/mol. The number of fused-ring (bicyclic) bond motifs is 5. The zero-order chi connectivity index (χ0) is 25.7. The monoisotopic (exact) mass is 521 g/mol. The van der Waals surface area contributed by atoms with Gasteiger partial charge in [0.2, 0.25) is 0 Å². The summed E-state index contributed by atoms with van der Waals surface area (Å²) in [6, 6.07) is 2.04. The van der Waals surface area contributed by atoms with Gasteiger partial charge in [-0.25, -0.2) is 19.9 Å². The van der Waals surface area contributed by atoms with Gasteiger partial charge in [0.25, 0.3) is 0 Å². The standard InChI is InChI=1S/C27H32ClN7O2/c1-4-37-27(36)20-15-5-7-16(8-6-15)21(20)32-23-17-9-10-35(13-14(2)3)26(17)34-24(33-23)18-11-29-25-22(18)31-19(28)12-30-25/h9-12,14-16,20-21H,4-8,13H2,1-3H3,(H,29,30)(H,32,33,34)/t15?,16?,20-,21-/m1/s1. The number of aromatic amines is 1. The van der Waals surface area contributed by atoms with E-state index in [2.05, 4.69) is 50.9 Å². The lowest BCUT2D eigenvalue weighted by molar-refractivity contribution is -0.154. The maximum Gasteiger partial charge on any atom is 0.311 e. The van der Waals surface area contributed by atoms with Crippen LogP contribution in [0.5, 0.6) is 0 Å². The third kappa shape index (κ3) is 4.33. The lowest BCUT2D eigenvalue weighted by Gasteiger charge is -2.47. The fraction of sp³-hybridized carbons (Fsp3) is 0.519. The summed E-state index contributed by atoms with van der Waals surface area (Å²) in [7, 11) is 0. The highest BCUT2D eigenvalue weighted by molar-refractivity contribution is 6.29. The fourth-order valence-corrected chi connectivity index (χ4v) is 6.40. The number of nitrogens with zero attached hydrogens (tertiary/aromatic N) is 5. The highest BCUT2D eigenvalue weighted by Crippen LogP contribution is 2.47. The molecule has 37 heavy (non-hydrogen) atoms. The predicted molar refractivity (Wildman–Crippen MR) is 143 cm³/mol. The third-order valence-electron chi connectivity index (χ3n) is 7.85. The molecule has 4 aromatic rings. The van der Waals surface area contributed by atoms with Gasteiger partial charge >= 0.3 is 5.97 Å². The highest BCUT2D eigenvalue weighted by Gasteiger charge is 2.48. The number of anilines is 1. The topological polar surface area (TPSA) is 111 Å². The Hall–Kier alpha value is -3.20. The van der Waals surface area contributed by atoms with Crippen LogP contribution in [-0.4, -0.2) is 48.1 Å². The number of nitrogens with one attached hydrogen (secondary N) is 2. The van der Waals surface area contributed by atoms with Crippen molar-refractivity contribution in [1.29, 1.82) is 0 Å². The first kappa shape index (κ1) is 24.2. The van der Waals surface area contributed by atoms with Crippen molar-refractivity contribution in [2.24, 2.45) is 23.7 Å². The number of H-pyrrole nitrogens is 1. The van der Waals surface area contributed by atoms with Crippen molar-refractivity contribution in [3.05, 3.63) is 29.8 Å². The molecule has 194 valence electrons. The quantitative estimate of drug-likeness (QED) is 0.311. The first-order valence-electron chi connectivity index (χ1n) is 13.2. The number of carbonyl (C=O) groups is 1. The molecular weight excluding hydrogens is 490 g/mol. The summed E-state index contributed by atoms with van der Waals surface area (Å²) in [4.78, 5) is 35.1. The van der Waals surface area contributed by atoms with Gasteiger partial charge in [-0.2, -0.15) is 0 Å². The Morgan fingerprint density at radius 3 is 2.76 bits per heavy atom. The van der Waals surface area contributed by atoms with Gasteiger partial charge in [-0.05, 0) is 56.4 Å². The summed E-state index contributed by atoms with van der Waals surface area (Å²) in [5.41, 5.74) is 2.83. The number of hydrogen-bond donors (Lipinski definition) is 2. The van der Waals surface area contributed by atoms with E-state index in [-0.39, 0.29) is 17.9 Å². The van der Waals surface area contributed by atoms with Crippen LogP contribution in [0.1, 0.15) is 46.5 Å². The minimum absolute atomic E-state index is 0.0249. The van der Waals surface area contributed by atoms with Crippen LogP contribution >= 0.6 is 11.6 Å². The molecule has 2 atom stereocenters. The molecule has 0 amide bonds. The van der Waals surface area contributed by atoms with E-state index >= 15 is 0 Å². The van der Waals surface area contributed by atoms with Gasteiger partial charge in [0.15, 0.2) is 11.5 Å². The lowest BCUT2D eigenvalue weighted by Crippen LogP contribution is -2.52. The van der Waals surface area contributed by atoms with E-state index in [1.807, 2.05) is 13.1 Å². The number of hydrogen-bond acceptors (Lipinski definition) is 7. The molecule has 4 heterocycles. The van der Waals surface area contributed by atoms with Crippen molar-refractivity contribution in [3.8, 4) is 11.4 Å². The Labute approximate surface area is 220 Å². The second-order valence-electron chi connectivity index (χ2n) is 10.7. The summed E-state index contributed by atoms with van der Waals surface area (Å²) in [6.45, 7) is 7.47. The lowest BCUT2D eigenvalue weighted by atomic mass is 9.61. The maximum absolute atomic E-state index is 13.1. The second-order valence-corrected chi connectivity index (χ2v) is 11.1. The van der Waals surface area contributed by atoms with E-state index in [0.29, 0.717) is 46.5 Å². The van der Waals surface area contributed by atoms with Gasteiger partial charge in [-0.1, -0.05) is 25.4 Å². The van der Waals surface area contributed by atoms with Crippen molar-refractivity contribution in [1.82, 2.24) is 29.5 Å². The molecule has 0 unspecified atom stereocenters. The summed E-state index contributed by atoms with van der Waals surface area (Å²) in [5.74, 6) is 2.20. The fourth-order valence-electron chi connectivity index (χ4n) is 6.27. The third-order valence-corrected chi connectivity index (χ3v) is 8.04. The minimum atomic E-state index is -0.170. The van der Waals surface area contributed by atoms with Gasteiger partial charge in [0, 0.05) is 25.0 Å². The van der Waals surface area contributed by atoms with E-state index in [1.54, 1.807) is 0 Å². The smallest absolute Gasteiger partial charge is 0.311 e. The van der Waals surface area contributed by atoms with Crippen LogP contribution in [0.2, 0.25) is 5.15 Å². The van der Waals surface area contributed by atoms with Crippen molar-refractivity contribution in [2.45, 2.75) is 59.0 Å². The van der Waals surface area contributed by atoms with E-state index in [9.17, 15) is 4.79 Å². The zero-order valence-corrected chi connectivity index (χ0v) is 22.1. The van der Waals surface area contributed by atoms with Gasteiger partial charge in [0.1, 0.15) is 22.1 Å². The van der Waals surface area contributed by atoms with Gasteiger partial charge in [0.05, 0.1) is 29.7 Å². The largest absolute Gasteiger partial charge is 0.466 e. The molecule has 0 radical (unpaired) electrons. The summed E-state index contributed by atoms with van der Waals surface area (Å²) in [5, 5.41) is 4.99. The van der Waals surface area contributed by atoms with Crippen LogP contribution in [0.25, 0.3) is 33.6 Å². The molecule has 0 aliphatic heterocycles. The number of aromatic nitrogens is 6. The van der Waals surface area contributed by atoms with E-state index in [4.69, 9.17) is 26.3 Å². The molecule has 0 spiro atoms. The molecule has 3 aliphatic carbocycles. The molecular formula is C27H32ClN7O2. The molecule has 3 saturated carbocycles. The Kier molecular flexibility index (Phi) is 6.26. The highest BCUT2D eigenvalue weighted by atomic mass is 35.5. The van der Waals surface area contributed by atoms with Crippen molar-refractivity contribution >= 4 is 45.6 Å². The summed E-state index contributed by atoms with van der Waals surface area (Å²) >= 11 is 6.17. The van der Waals surface area contributed by atoms with Crippen LogP contribution in [0.4, 0.5) is 5.82 Å². The Morgan fingerprint density at radius 1 is 1.22 bits per heavy atom. The zero-order valence-electron chi connectivity index (χ0n) is 21.4. The van der Waals surface area contributed by atoms with Crippen molar-refractivity contribution in [3.63, 3.8) is 0 Å². The van der Waals surface area contributed by atoms with Gasteiger partial charge in [-0.3, -0.25) is 4.79 Å². The second kappa shape index (κ2) is 9.59. The number of halogens is 1. The molecule has 7 rings (SSSR count). The maximum atomic E-state index is 13.1. The molecule has 4 aromatic heterocycles. The Balaban J connectivity index is 1.47. The molecule has 3 fully saturated rings. The van der Waals surface area contributed by atoms with E-state index < -0.39 is 0 Å². The molecule has 3 aliphatic rings.